The van der Waals surface area contributed by atoms with E-state index < -0.39 is 21.2 Å². The molecule has 5 N–H and O–H groups in total. The van der Waals surface area contributed by atoms with Crippen molar-refractivity contribution in [1.82, 2.24) is 5.43 Å². The van der Waals surface area contributed by atoms with E-state index in [2.05, 4.69) is 5.43 Å². The molecule has 9 heteroatoms. The molecule has 1 unspecified atom stereocenters. The van der Waals surface area contributed by atoms with Gasteiger partial charge in [-0.05, 0) is 30.2 Å². The van der Waals surface area contributed by atoms with E-state index in [1.165, 1.54) is 12.1 Å². The van der Waals surface area contributed by atoms with E-state index in [0.29, 0.717) is 16.1 Å². The van der Waals surface area contributed by atoms with Crippen molar-refractivity contribution < 1.29 is 13.2 Å². The van der Waals surface area contributed by atoms with Gasteiger partial charge in [0.2, 0.25) is 10.0 Å². The van der Waals surface area contributed by atoms with Gasteiger partial charge in [0.05, 0.1) is 4.90 Å². The van der Waals surface area contributed by atoms with Crippen LogP contribution < -0.4 is 16.4 Å². The molecule has 0 radical (unpaired) electrons. The van der Waals surface area contributed by atoms with Crippen molar-refractivity contribution in [3.8, 4) is 0 Å². The summed E-state index contributed by atoms with van der Waals surface area (Å²) in [6, 6.07) is 11.7. The van der Waals surface area contributed by atoms with E-state index in [9.17, 15) is 13.2 Å². The van der Waals surface area contributed by atoms with Gasteiger partial charge < -0.3 is 0 Å². The third kappa shape index (κ3) is 4.28. The Morgan fingerprint density at radius 2 is 1.88 bits per heavy atom. The molecule has 0 bridgehead atoms. The van der Waals surface area contributed by atoms with E-state index >= 15 is 0 Å². The van der Waals surface area contributed by atoms with Crippen molar-refractivity contribution in [2.75, 3.05) is 0 Å². The van der Waals surface area contributed by atoms with Crippen LogP contribution in [0.3, 0.4) is 0 Å². The number of rotatable bonds is 5. The number of carbonyl (C=O) groups excluding carboxylic acids is 1. The molecule has 2 aromatic carbocycles. The summed E-state index contributed by atoms with van der Waals surface area (Å²) in [5.41, 5.74) is 3.34. The zero-order chi connectivity index (χ0) is 17.9. The number of hydrazine groups is 1. The van der Waals surface area contributed by atoms with Gasteiger partial charge in [0.15, 0.2) is 0 Å². The fraction of sp³-hybridized carbons (Fsp3) is 0.133. The van der Waals surface area contributed by atoms with Crippen LogP contribution in [0.5, 0.6) is 0 Å². The van der Waals surface area contributed by atoms with Gasteiger partial charge in [-0.1, -0.05) is 41.9 Å². The Morgan fingerprint density at radius 1 is 1.25 bits per heavy atom. The summed E-state index contributed by atoms with van der Waals surface area (Å²) in [4.78, 5) is 12.4. The lowest BCUT2D eigenvalue weighted by atomic mass is 10.1. The van der Waals surface area contributed by atoms with Gasteiger partial charge >= 0.3 is 0 Å². The van der Waals surface area contributed by atoms with Gasteiger partial charge in [0, 0.05) is 9.92 Å². The van der Waals surface area contributed by atoms with Crippen LogP contribution in [0.15, 0.2) is 52.3 Å². The number of hydrogen-bond donors (Lipinski definition) is 3. The lowest BCUT2D eigenvalue weighted by molar-refractivity contribution is -0.120. The molecular formula is C15H16ClN3O3S2. The van der Waals surface area contributed by atoms with Crippen LogP contribution in [0.2, 0.25) is 5.02 Å². The van der Waals surface area contributed by atoms with Gasteiger partial charge in [-0.15, -0.1) is 11.8 Å². The lowest BCUT2D eigenvalue weighted by Gasteiger charge is -2.17. The van der Waals surface area contributed by atoms with E-state index in [1.54, 1.807) is 31.2 Å². The molecule has 0 saturated heterocycles. The molecule has 0 fully saturated rings. The maximum absolute atomic E-state index is 12.2. The van der Waals surface area contributed by atoms with Crippen LogP contribution in [0.25, 0.3) is 0 Å². The molecule has 2 aromatic rings. The summed E-state index contributed by atoms with van der Waals surface area (Å²) in [6.07, 6.45) is 0. The van der Waals surface area contributed by atoms with Crippen molar-refractivity contribution in [3.63, 3.8) is 0 Å². The van der Waals surface area contributed by atoms with Gasteiger partial charge in [0.1, 0.15) is 5.25 Å². The molecular weight excluding hydrogens is 370 g/mol. The highest BCUT2D eigenvalue weighted by atomic mass is 35.5. The number of primary sulfonamides is 1. The molecule has 1 amide bonds. The molecule has 0 spiro atoms. The second-order valence-electron chi connectivity index (χ2n) is 5.01. The Morgan fingerprint density at radius 3 is 2.42 bits per heavy atom. The largest absolute Gasteiger partial charge is 0.293 e. The molecule has 0 aliphatic rings. The van der Waals surface area contributed by atoms with E-state index in [1.807, 2.05) is 6.07 Å². The molecule has 1 atom stereocenters. The van der Waals surface area contributed by atoms with E-state index in [4.69, 9.17) is 22.6 Å². The van der Waals surface area contributed by atoms with E-state index in [-0.39, 0.29) is 9.79 Å². The van der Waals surface area contributed by atoms with Crippen molar-refractivity contribution in [1.29, 1.82) is 0 Å². The Balaban J connectivity index is 2.54. The lowest BCUT2D eigenvalue weighted by Crippen LogP contribution is -2.33. The normalized spacial score (nSPS) is 12.7. The zero-order valence-corrected chi connectivity index (χ0v) is 15.1. The Hall–Kier alpha value is -1.58. The second-order valence-corrected chi connectivity index (χ2v) is 8.09. The average Bonchev–Trinajstić information content (AvgIpc) is 2.54. The summed E-state index contributed by atoms with van der Waals surface area (Å²) in [7, 11) is -3.98. The molecule has 2 rings (SSSR count). The van der Waals surface area contributed by atoms with E-state index in [0.717, 1.165) is 11.8 Å². The van der Waals surface area contributed by atoms with Gasteiger partial charge in [-0.25, -0.2) is 19.4 Å². The highest BCUT2D eigenvalue weighted by Crippen LogP contribution is 2.40. The van der Waals surface area contributed by atoms with Crippen LogP contribution in [-0.2, 0) is 14.8 Å². The second kappa shape index (κ2) is 7.54. The number of halogens is 1. The highest BCUT2D eigenvalue weighted by Gasteiger charge is 2.25. The van der Waals surface area contributed by atoms with Crippen LogP contribution >= 0.6 is 23.4 Å². The summed E-state index contributed by atoms with van der Waals surface area (Å²) >= 11 is 7.12. The Kier molecular flexibility index (Phi) is 5.89. The molecule has 0 aliphatic carbocycles. The van der Waals surface area contributed by atoms with Crippen molar-refractivity contribution in [2.24, 2.45) is 11.0 Å². The number of nitrogens with two attached hydrogens (primary N) is 2. The molecule has 0 saturated carbocycles. The summed E-state index contributed by atoms with van der Waals surface area (Å²) in [6.45, 7) is 1.67. The maximum atomic E-state index is 12.2. The summed E-state index contributed by atoms with van der Waals surface area (Å²) in [5, 5.41) is 4.92. The highest BCUT2D eigenvalue weighted by molar-refractivity contribution is 8.01. The average molecular weight is 386 g/mol. The molecule has 24 heavy (non-hydrogen) atoms. The number of sulfonamides is 1. The number of thioether (sulfide) groups is 1. The van der Waals surface area contributed by atoms with Crippen LogP contribution in [-0.4, -0.2) is 14.3 Å². The molecule has 128 valence electrons. The predicted octanol–water partition coefficient (Wildman–Crippen LogP) is 2.12. The number of amides is 1. The molecule has 0 heterocycles. The first-order chi connectivity index (χ1) is 11.2. The minimum absolute atomic E-state index is 0.0832. The van der Waals surface area contributed by atoms with Gasteiger partial charge in [-0.3, -0.25) is 10.2 Å². The van der Waals surface area contributed by atoms with Crippen LogP contribution in [0.1, 0.15) is 16.4 Å². The topological polar surface area (TPSA) is 115 Å². The zero-order valence-electron chi connectivity index (χ0n) is 12.7. The number of benzene rings is 2. The number of carbonyl (C=O) groups is 1. The quantitative estimate of drug-likeness (QED) is 0.315. The monoisotopic (exact) mass is 385 g/mol. The number of aryl methyl sites for hydroxylation is 1. The smallest absolute Gasteiger partial charge is 0.251 e. The summed E-state index contributed by atoms with van der Waals surface area (Å²) in [5.74, 6) is 4.79. The van der Waals surface area contributed by atoms with Gasteiger partial charge in [-0.2, -0.15) is 0 Å². The SMILES string of the molecule is Cc1cc(S(N)(=O)=O)c(SC(C(=O)NN)c2ccccc2)cc1Cl. The Labute approximate surface area is 149 Å². The van der Waals surface area contributed by atoms with Crippen molar-refractivity contribution in [3.05, 3.63) is 58.6 Å². The van der Waals surface area contributed by atoms with Crippen LogP contribution in [0, 0.1) is 6.92 Å². The van der Waals surface area contributed by atoms with Crippen LogP contribution in [0.4, 0.5) is 0 Å². The third-order valence-electron chi connectivity index (χ3n) is 3.26. The predicted molar refractivity (Wildman–Crippen MR) is 94.9 cm³/mol. The maximum Gasteiger partial charge on any atom is 0.251 e. The number of hydrogen-bond acceptors (Lipinski definition) is 5. The van der Waals surface area contributed by atoms with Crippen molar-refractivity contribution in [2.45, 2.75) is 22.0 Å². The minimum Gasteiger partial charge on any atom is -0.293 e. The minimum atomic E-state index is -3.98. The number of nitrogens with one attached hydrogen (secondary N) is 1. The van der Waals surface area contributed by atoms with Crippen molar-refractivity contribution >= 4 is 39.3 Å². The molecule has 0 aliphatic heterocycles. The fourth-order valence-electron chi connectivity index (χ4n) is 2.05. The fourth-order valence-corrected chi connectivity index (χ4v) is 4.54. The molecule has 0 aromatic heterocycles. The molecule has 6 nitrogen and oxygen atoms in total. The third-order valence-corrected chi connectivity index (χ3v) is 6.06. The Bertz CT molecular complexity index is 858. The summed E-state index contributed by atoms with van der Waals surface area (Å²) < 4.78 is 23.7. The van der Waals surface area contributed by atoms with Gasteiger partial charge in [0.25, 0.3) is 5.91 Å². The standard InChI is InChI=1S/C15H16ClN3O3S2/c1-9-7-13(24(18,21)22)12(8-11(9)16)23-14(15(20)19-17)10-5-3-2-4-6-10/h2-8,14H,17H2,1H3,(H,19,20)(H2,18,21,22). The first-order valence-electron chi connectivity index (χ1n) is 6.79. The first-order valence-corrected chi connectivity index (χ1v) is 9.59. The first kappa shape index (κ1) is 18.8.